The van der Waals surface area contributed by atoms with Gasteiger partial charge >= 0.3 is 0 Å². The van der Waals surface area contributed by atoms with Gasteiger partial charge in [0, 0.05) is 19.4 Å². The van der Waals surface area contributed by atoms with Crippen LogP contribution in [0.3, 0.4) is 0 Å². The average Bonchev–Trinajstić information content (AvgIpc) is 2.74. The van der Waals surface area contributed by atoms with Crippen molar-refractivity contribution < 1.29 is 9.84 Å². The van der Waals surface area contributed by atoms with E-state index < -0.39 is 6.10 Å². The van der Waals surface area contributed by atoms with Crippen molar-refractivity contribution in [3.8, 4) is 5.75 Å². The predicted molar refractivity (Wildman–Crippen MR) is 60.3 cm³/mol. The van der Waals surface area contributed by atoms with Crippen LogP contribution in [0.5, 0.6) is 5.75 Å². The maximum atomic E-state index is 10.1. The van der Waals surface area contributed by atoms with Gasteiger partial charge in [-0.05, 0) is 17.7 Å². The molecule has 0 amide bonds. The third-order valence-corrected chi connectivity index (χ3v) is 2.51. The topological polar surface area (TPSA) is 47.3 Å². The van der Waals surface area contributed by atoms with Crippen LogP contribution in [0.2, 0.25) is 0 Å². The molecule has 0 fully saturated rings. The summed E-state index contributed by atoms with van der Waals surface area (Å²) < 4.78 is 6.91. The summed E-state index contributed by atoms with van der Waals surface area (Å²) in [6, 6.07) is 7.34. The molecule has 1 atom stereocenters. The number of aliphatic hydroxyl groups excluding tert-OH is 1. The number of rotatable bonds is 3. The summed E-state index contributed by atoms with van der Waals surface area (Å²) in [6.45, 7) is 0. The van der Waals surface area contributed by atoms with Crippen molar-refractivity contribution in [2.24, 2.45) is 7.05 Å². The first-order chi connectivity index (χ1) is 7.72. The summed E-state index contributed by atoms with van der Waals surface area (Å²) in [6.07, 6.45) is 2.74. The number of hydrogen-bond donors (Lipinski definition) is 1. The van der Waals surface area contributed by atoms with Crippen molar-refractivity contribution >= 4 is 0 Å². The Hall–Kier alpha value is -1.81. The van der Waals surface area contributed by atoms with Gasteiger partial charge in [0.25, 0.3) is 0 Å². The molecule has 1 N–H and O–H groups in total. The van der Waals surface area contributed by atoms with E-state index in [0.717, 1.165) is 11.3 Å². The lowest BCUT2D eigenvalue weighted by atomic mass is 10.1. The van der Waals surface area contributed by atoms with Crippen LogP contribution in [0.15, 0.2) is 36.7 Å². The normalized spacial score (nSPS) is 12.4. The monoisotopic (exact) mass is 218 g/mol. The maximum Gasteiger partial charge on any atom is 0.142 e. The number of benzene rings is 1. The molecular formula is C12H14N2O2. The van der Waals surface area contributed by atoms with E-state index in [2.05, 4.69) is 4.98 Å². The minimum Gasteiger partial charge on any atom is -0.497 e. The third-order valence-electron chi connectivity index (χ3n) is 2.51. The minimum absolute atomic E-state index is 0.619. The Morgan fingerprint density at radius 3 is 2.88 bits per heavy atom. The number of hydrogen-bond acceptors (Lipinski definition) is 3. The quantitative estimate of drug-likeness (QED) is 0.849. The smallest absolute Gasteiger partial charge is 0.142 e. The van der Waals surface area contributed by atoms with E-state index >= 15 is 0 Å². The SMILES string of the molecule is COc1cccc([C@@H](O)c2nccn2C)c1. The van der Waals surface area contributed by atoms with Crippen LogP contribution >= 0.6 is 0 Å². The predicted octanol–water partition coefficient (Wildman–Crippen LogP) is 1.51. The number of nitrogens with zero attached hydrogens (tertiary/aromatic N) is 2. The van der Waals surface area contributed by atoms with Gasteiger partial charge in [-0.3, -0.25) is 0 Å². The largest absolute Gasteiger partial charge is 0.497 e. The second-order valence-corrected chi connectivity index (χ2v) is 3.58. The lowest BCUT2D eigenvalue weighted by molar-refractivity contribution is 0.206. The van der Waals surface area contributed by atoms with Crippen LogP contribution in [0.4, 0.5) is 0 Å². The van der Waals surface area contributed by atoms with Crippen LogP contribution in [0.1, 0.15) is 17.5 Å². The highest BCUT2D eigenvalue weighted by atomic mass is 16.5. The van der Waals surface area contributed by atoms with Gasteiger partial charge in [-0.25, -0.2) is 4.98 Å². The molecule has 0 aliphatic rings. The number of ether oxygens (including phenoxy) is 1. The number of imidazole rings is 1. The van der Waals surface area contributed by atoms with Crippen LogP contribution < -0.4 is 4.74 Å². The number of aromatic nitrogens is 2. The molecule has 4 heteroatoms. The summed E-state index contributed by atoms with van der Waals surface area (Å²) in [5, 5.41) is 10.1. The van der Waals surface area contributed by atoms with Crippen molar-refractivity contribution in [2.45, 2.75) is 6.10 Å². The molecule has 1 aromatic carbocycles. The van der Waals surface area contributed by atoms with E-state index in [1.165, 1.54) is 0 Å². The molecule has 2 rings (SSSR count). The van der Waals surface area contributed by atoms with Gasteiger partial charge in [-0.15, -0.1) is 0 Å². The standard InChI is InChI=1S/C12H14N2O2/c1-14-7-6-13-12(14)11(15)9-4-3-5-10(8-9)16-2/h3-8,11,15H,1-2H3/t11-/m1/s1. The molecule has 4 nitrogen and oxygen atoms in total. The first-order valence-electron chi connectivity index (χ1n) is 5.01. The lowest BCUT2D eigenvalue weighted by Crippen LogP contribution is -2.06. The molecule has 1 aromatic heterocycles. The summed E-state index contributed by atoms with van der Waals surface area (Å²) in [7, 11) is 3.46. The molecule has 0 saturated heterocycles. The molecular weight excluding hydrogens is 204 g/mol. The summed E-state index contributed by atoms with van der Waals surface area (Å²) in [5.41, 5.74) is 0.772. The Labute approximate surface area is 94.1 Å². The molecule has 0 bridgehead atoms. The van der Waals surface area contributed by atoms with E-state index in [1.54, 1.807) is 30.1 Å². The first-order valence-corrected chi connectivity index (χ1v) is 5.01. The molecule has 1 heterocycles. The average molecular weight is 218 g/mol. The molecule has 0 unspecified atom stereocenters. The molecule has 0 radical (unpaired) electrons. The molecule has 0 aliphatic carbocycles. The Bertz CT molecular complexity index is 479. The Kier molecular flexibility index (Phi) is 2.92. The molecule has 0 aliphatic heterocycles. The zero-order valence-corrected chi connectivity index (χ0v) is 9.29. The fraction of sp³-hybridized carbons (Fsp3) is 0.250. The second-order valence-electron chi connectivity index (χ2n) is 3.58. The Morgan fingerprint density at radius 2 is 2.25 bits per heavy atom. The highest BCUT2D eigenvalue weighted by molar-refractivity contribution is 5.32. The van der Waals surface area contributed by atoms with Crippen molar-refractivity contribution in [3.63, 3.8) is 0 Å². The Morgan fingerprint density at radius 1 is 1.44 bits per heavy atom. The van der Waals surface area contributed by atoms with E-state index in [4.69, 9.17) is 4.74 Å². The van der Waals surface area contributed by atoms with Gasteiger partial charge < -0.3 is 14.4 Å². The van der Waals surface area contributed by atoms with E-state index in [-0.39, 0.29) is 0 Å². The van der Waals surface area contributed by atoms with Crippen LogP contribution in [0.25, 0.3) is 0 Å². The summed E-state index contributed by atoms with van der Waals surface area (Å²) in [5.74, 6) is 1.35. The molecule has 0 spiro atoms. The molecule has 2 aromatic rings. The van der Waals surface area contributed by atoms with Crippen molar-refractivity contribution in [3.05, 3.63) is 48.0 Å². The second kappa shape index (κ2) is 4.37. The van der Waals surface area contributed by atoms with Gasteiger partial charge in [-0.1, -0.05) is 12.1 Å². The van der Waals surface area contributed by atoms with E-state index in [1.807, 2.05) is 25.2 Å². The molecule has 0 saturated carbocycles. The number of aryl methyl sites for hydroxylation is 1. The summed E-state index contributed by atoms with van der Waals surface area (Å²) in [4.78, 5) is 4.12. The van der Waals surface area contributed by atoms with E-state index in [9.17, 15) is 5.11 Å². The lowest BCUT2D eigenvalue weighted by Gasteiger charge is -2.11. The maximum absolute atomic E-state index is 10.1. The van der Waals surface area contributed by atoms with Gasteiger partial charge in [0.05, 0.1) is 7.11 Å². The van der Waals surface area contributed by atoms with Crippen molar-refractivity contribution in [2.75, 3.05) is 7.11 Å². The van der Waals surface area contributed by atoms with E-state index in [0.29, 0.717) is 5.82 Å². The van der Waals surface area contributed by atoms with Gasteiger partial charge in [0.15, 0.2) is 0 Å². The van der Waals surface area contributed by atoms with Crippen LogP contribution in [-0.2, 0) is 7.05 Å². The van der Waals surface area contributed by atoms with Gasteiger partial charge in [0.1, 0.15) is 17.7 Å². The molecule has 16 heavy (non-hydrogen) atoms. The first kappa shape index (κ1) is 10.7. The number of methoxy groups -OCH3 is 1. The molecule has 84 valence electrons. The number of aliphatic hydroxyl groups is 1. The highest BCUT2D eigenvalue weighted by Crippen LogP contribution is 2.23. The van der Waals surface area contributed by atoms with Gasteiger partial charge in [-0.2, -0.15) is 0 Å². The zero-order valence-electron chi connectivity index (χ0n) is 9.29. The van der Waals surface area contributed by atoms with Crippen molar-refractivity contribution in [1.82, 2.24) is 9.55 Å². The third kappa shape index (κ3) is 1.92. The zero-order chi connectivity index (χ0) is 11.5. The van der Waals surface area contributed by atoms with Crippen LogP contribution in [-0.4, -0.2) is 21.8 Å². The minimum atomic E-state index is -0.727. The van der Waals surface area contributed by atoms with Crippen molar-refractivity contribution in [1.29, 1.82) is 0 Å². The highest BCUT2D eigenvalue weighted by Gasteiger charge is 2.14. The fourth-order valence-corrected chi connectivity index (χ4v) is 1.60. The Balaban J connectivity index is 2.33. The fourth-order valence-electron chi connectivity index (χ4n) is 1.60. The van der Waals surface area contributed by atoms with Gasteiger partial charge in [0.2, 0.25) is 0 Å². The summed E-state index contributed by atoms with van der Waals surface area (Å²) >= 11 is 0. The van der Waals surface area contributed by atoms with Crippen LogP contribution in [0, 0.1) is 0 Å².